The predicted octanol–water partition coefficient (Wildman–Crippen LogP) is -2.15. The SMILES string of the molecule is CC(C)Cc1ccc(C(C)(O)C(=O)[O-])cc1.[Na+]. The van der Waals surface area contributed by atoms with E-state index in [2.05, 4.69) is 13.8 Å². The first-order valence-corrected chi connectivity index (χ1v) is 5.37. The van der Waals surface area contributed by atoms with E-state index >= 15 is 0 Å². The first kappa shape index (κ1) is 16.6. The van der Waals surface area contributed by atoms with Crippen molar-refractivity contribution in [1.82, 2.24) is 0 Å². The van der Waals surface area contributed by atoms with Gasteiger partial charge in [0.1, 0.15) is 5.60 Å². The molecule has 0 amide bonds. The van der Waals surface area contributed by atoms with Crippen molar-refractivity contribution < 1.29 is 44.6 Å². The van der Waals surface area contributed by atoms with Crippen LogP contribution in [0.2, 0.25) is 0 Å². The van der Waals surface area contributed by atoms with Crippen LogP contribution in [0.4, 0.5) is 0 Å². The van der Waals surface area contributed by atoms with Gasteiger partial charge in [-0.05, 0) is 30.4 Å². The molecule has 0 fully saturated rings. The Kier molecular flexibility index (Phi) is 6.41. The molecule has 0 bridgehead atoms. The fraction of sp³-hybridized carbons (Fsp3) is 0.462. The average molecular weight is 244 g/mol. The number of aliphatic carboxylic acids is 1. The van der Waals surface area contributed by atoms with Crippen LogP contribution in [0.3, 0.4) is 0 Å². The Morgan fingerprint density at radius 3 is 2.18 bits per heavy atom. The van der Waals surface area contributed by atoms with E-state index in [0.717, 1.165) is 12.0 Å². The molecule has 0 saturated heterocycles. The third-order valence-electron chi connectivity index (χ3n) is 2.56. The van der Waals surface area contributed by atoms with Gasteiger partial charge in [0.05, 0.1) is 5.97 Å². The molecule has 1 unspecified atom stereocenters. The van der Waals surface area contributed by atoms with Gasteiger partial charge in [0.2, 0.25) is 0 Å². The van der Waals surface area contributed by atoms with Crippen molar-refractivity contribution in [2.75, 3.05) is 0 Å². The number of carbonyl (C=O) groups excluding carboxylic acids is 1. The molecule has 4 heteroatoms. The summed E-state index contributed by atoms with van der Waals surface area (Å²) >= 11 is 0. The van der Waals surface area contributed by atoms with Crippen molar-refractivity contribution >= 4 is 5.97 Å². The van der Waals surface area contributed by atoms with Crippen LogP contribution in [-0.2, 0) is 16.8 Å². The molecule has 0 aliphatic rings. The predicted molar refractivity (Wildman–Crippen MR) is 59.6 cm³/mol. The molecule has 1 rings (SSSR count). The van der Waals surface area contributed by atoms with Gasteiger partial charge in [0.25, 0.3) is 0 Å². The number of benzene rings is 1. The summed E-state index contributed by atoms with van der Waals surface area (Å²) in [5, 5.41) is 20.4. The topological polar surface area (TPSA) is 60.4 Å². The minimum Gasteiger partial charge on any atom is -0.547 e. The fourth-order valence-electron chi connectivity index (χ4n) is 1.55. The smallest absolute Gasteiger partial charge is 0.547 e. The summed E-state index contributed by atoms with van der Waals surface area (Å²) in [6.07, 6.45) is 0.938. The molecule has 17 heavy (non-hydrogen) atoms. The second-order valence-electron chi connectivity index (χ2n) is 4.65. The van der Waals surface area contributed by atoms with Crippen molar-refractivity contribution in [3.8, 4) is 0 Å². The van der Waals surface area contributed by atoms with Gasteiger partial charge in [-0.1, -0.05) is 38.1 Å². The van der Waals surface area contributed by atoms with Crippen LogP contribution in [0.5, 0.6) is 0 Å². The summed E-state index contributed by atoms with van der Waals surface area (Å²) < 4.78 is 0. The van der Waals surface area contributed by atoms with Gasteiger partial charge in [-0.3, -0.25) is 0 Å². The first-order valence-electron chi connectivity index (χ1n) is 5.37. The van der Waals surface area contributed by atoms with Crippen LogP contribution in [0.15, 0.2) is 24.3 Å². The Bertz CT molecular complexity index is 369. The molecule has 88 valence electrons. The number of hydrogen-bond donors (Lipinski definition) is 1. The van der Waals surface area contributed by atoms with E-state index in [1.54, 1.807) is 12.1 Å². The molecule has 1 atom stereocenters. The van der Waals surface area contributed by atoms with Gasteiger partial charge in [-0.15, -0.1) is 0 Å². The van der Waals surface area contributed by atoms with Crippen LogP contribution in [-0.4, -0.2) is 11.1 Å². The van der Waals surface area contributed by atoms with E-state index in [1.807, 2.05) is 12.1 Å². The summed E-state index contributed by atoms with van der Waals surface area (Å²) in [7, 11) is 0. The van der Waals surface area contributed by atoms with Crippen molar-refractivity contribution in [3.05, 3.63) is 35.4 Å². The average Bonchev–Trinajstić information content (AvgIpc) is 2.17. The molecule has 0 radical (unpaired) electrons. The largest absolute Gasteiger partial charge is 1.00 e. The van der Waals surface area contributed by atoms with E-state index in [9.17, 15) is 15.0 Å². The standard InChI is InChI=1S/C13H18O3.Na/c1-9(2)8-10-4-6-11(7-5-10)13(3,16)12(14)15;/h4-7,9,16H,8H2,1-3H3,(H,14,15);/q;+1/p-1. The zero-order valence-corrected chi connectivity index (χ0v) is 12.9. The van der Waals surface area contributed by atoms with Crippen molar-refractivity contribution in [3.63, 3.8) is 0 Å². The second-order valence-corrected chi connectivity index (χ2v) is 4.65. The molecular weight excluding hydrogens is 227 g/mol. The van der Waals surface area contributed by atoms with E-state index < -0.39 is 11.6 Å². The van der Waals surface area contributed by atoms with E-state index in [4.69, 9.17) is 0 Å². The number of rotatable bonds is 4. The van der Waals surface area contributed by atoms with Crippen LogP contribution in [0, 0.1) is 5.92 Å². The summed E-state index contributed by atoms with van der Waals surface area (Å²) in [5.41, 5.74) is -0.441. The summed E-state index contributed by atoms with van der Waals surface area (Å²) in [5.74, 6) is -0.934. The minimum absolute atomic E-state index is 0. The summed E-state index contributed by atoms with van der Waals surface area (Å²) in [6.45, 7) is 5.45. The Hall–Kier alpha value is -0.350. The van der Waals surface area contributed by atoms with Gasteiger partial charge in [0.15, 0.2) is 0 Å². The van der Waals surface area contributed by atoms with Crippen molar-refractivity contribution in [2.24, 2.45) is 5.92 Å². The van der Waals surface area contributed by atoms with Gasteiger partial charge in [-0.2, -0.15) is 0 Å². The third kappa shape index (κ3) is 4.43. The first-order chi connectivity index (χ1) is 7.34. The molecule has 1 aromatic carbocycles. The van der Waals surface area contributed by atoms with Crippen LogP contribution in [0.25, 0.3) is 0 Å². The quantitative estimate of drug-likeness (QED) is 0.614. The van der Waals surface area contributed by atoms with Gasteiger partial charge < -0.3 is 15.0 Å². The molecule has 1 aromatic rings. The van der Waals surface area contributed by atoms with E-state index in [0.29, 0.717) is 11.5 Å². The molecule has 0 aliphatic carbocycles. The Labute approximate surface area is 124 Å². The summed E-state index contributed by atoms with van der Waals surface area (Å²) in [6, 6.07) is 6.94. The molecule has 1 N–H and O–H groups in total. The van der Waals surface area contributed by atoms with Crippen LogP contribution < -0.4 is 34.7 Å². The Balaban J connectivity index is 0.00000256. The maximum atomic E-state index is 10.7. The zero-order valence-electron chi connectivity index (χ0n) is 10.9. The maximum Gasteiger partial charge on any atom is 1.00 e. The molecule has 0 aromatic heterocycles. The van der Waals surface area contributed by atoms with E-state index in [1.165, 1.54) is 6.92 Å². The van der Waals surface area contributed by atoms with Crippen molar-refractivity contribution in [1.29, 1.82) is 0 Å². The third-order valence-corrected chi connectivity index (χ3v) is 2.56. The number of aliphatic hydroxyl groups is 1. The fourth-order valence-corrected chi connectivity index (χ4v) is 1.55. The number of carboxylic acid groups (broad SMARTS) is 1. The Morgan fingerprint density at radius 1 is 1.35 bits per heavy atom. The molecule has 0 saturated carbocycles. The normalized spacial score (nSPS) is 13.9. The number of hydrogen-bond acceptors (Lipinski definition) is 3. The van der Waals surface area contributed by atoms with Gasteiger partial charge in [0, 0.05) is 0 Å². The van der Waals surface area contributed by atoms with Crippen LogP contribution in [0.1, 0.15) is 31.9 Å². The second kappa shape index (κ2) is 6.55. The molecule has 3 nitrogen and oxygen atoms in total. The summed E-state index contributed by atoms with van der Waals surface area (Å²) in [4.78, 5) is 10.7. The van der Waals surface area contributed by atoms with Crippen molar-refractivity contribution in [2.45, 2.75) is 32.8 Å². The van der Waals surface area contributed by atoms with Crippen LogP contribution >= 0.6 is 0 Å². The minimum atomic E-state index is -1.92. The number of carbonyl (C=O) groups is 1. The number of carboxylic acids is 1. The molecule has 0 spiro atoms. The monoisotopic (exact) mass is 244 g/mol. The van der Waals surface area contributed by atoms with E-state index in [-0.39, 0.29) is 29.6 Å². The molecule has 0 aliphatic heterocycles. The van der Waals surface area contributed by atoms with Gasteiger partial charge in [-0.25, -0.2) is 0 Å². The van der Waals surface area contributed by atoms with Gasteiger partial charge >= 0.3 is 29.6 Å². The molecule has 0 heterocycles. The molecular formula is C13H17NaO3. The Morgan fingerprint density at radius 2 is 1.82 bits per heavy atom. The maximum absolute atomic E-state index is 10.7. The zero-order chi connectivity index (χ0) is 12.3.